The number of amides is 3. The summed E-state index contributed by atoms with van der Waals surface area (Å²) in [6.45, 7) is 4.11. The fraction of sp³-hybridized carbons (Fsp3) is 0.833. The van der Waals surface area contributed by atoms with Gasteiger partial charge in [0.05, 0.1) is 0 Å². The van der Waals surface area contributed by atoms with Crippen LogP contribution in [0.3, 0.4) is 0 Å². The van der Waals surface area contributed by atoms with E-state index in [1.807, 2.05) is 6.92 Å². The van der Waals surface area contributed by atoms with E-state index in [9.17, 15) is 28.8 Å². The van der Waals surface area contributed by atoms with Gasteiger partial charge in [-0.2, -0.15) is 0 Å². The van der Waals surface area contributed by atoms with Gasteiger partial charge < -0.3 is 26.4 Å². The van der Waals surface area contributed by atoms with E-state index in [0.717, 1.165) is 25.7 Å². The van der Waals surface area contributed by atoms with E-state index in [1.54, 1.807) is 0 Å². The second-order valence-electron chi connectivity index (χ2n) is 9.72. The van der Waals surface area contributed by atoms with Gasteiger partial charge in [0.2, 0.25) is 11.8 Å². The Morgan fingerprint density at radius 1 is 1.05 bits per heavy atom. The minimum absolute atomic E-state index is 0.0739. The normalized spacial score (nSPS) is 20.5. The second-order valence-corrected chi connectivity index (χ2v) is 10.6. The lowest BCUT2D eigenvalue weighted by Gasteiger charge is -2.27. The molecule has 1 saturated heterocycles. The summed E-state index contributed by atoms with van der Waals surface area (Å²) in [5.74, 6) is -2.33. The van der Waals surface area contributed by atoms with Gasteiger partial charge in [-0.25, -0.2) is 4.79 Å². The Kier molecular flexibility index (Phi) is 13.4. The van der Waals surface area contributed by atoms with Crippen LogP contribution in [0.4, 0.5) is 0 Å². The highest BCUT2D eigenvalue weighted by Gasteiger charge is 2.41. The molecule has 0 aromatic heterocycles. The van der Waals surface area contributed by atoms with Crippen molar-refractivity contribution in [2.75, 3.05) is 13.1 Å². The van der Waals surface area contributed by atoms with E-state index < -0.39 is 50.5 Å². The Bertz CT molecular complexity index is 810. The van der Waals surface area contributed by atoms with Crippen molar-refractivity contribution in [3.8, 4) is 0 Å². The monoisotopic (exact) mass is 545 g/mol. The number of likely N-dealkylation sites (tertiary alicyclic amines) is 1. The van der Waals surface area contributed by atoms with Crippen LogP contribution in [0.1, 0.15) is 84.5 Å². The summed E-state index contributed by atoms with van der Waals surface area (Å²) in [6.07, 6.45) is 5.01. The van der Waals surface area contributed by atoms with Gasteiger partial charge in [0.15, 0.2) is 12.3 Å². The summed E-state index contributed by atoms with van der Waals surface area (Å²) in [7, 11) is -2.80. The number of nitrogens with two attached hydrogens (primary N) is 1. The number of nitrogens with zero attached hydrogens (tertiary/aromatic N) is 1. The van der Waals surface area contributed by atoms with E-state index in [0.29, 0.717) is 51.5 Å². The number of hydrogen-bond donors (Lipinski definition) is 4. The molecule has 5 atom stereocenters. The molecule has 13 heteroatoms. The smallest absolute Gasteiger partial charge is 0.480 e. The lowest BCUT2D eigenvalue weighted by atomic mass is 9.84. The molecule has 1 heterocycles. The molecule has 0 radical (unpaired) electrons. The third-order valence-electron chi connectivity index (χ3n) is 6.81. The van der Waals surface area contributed by atoms with E-state index in [1.165, 1.54) is 11.8 Å². The number of unbranched alkanes of at least 4 members (excludes halogenated alkanes) is 2. The molecule has 2 unspecified atom stereocenters. The van der Waals surface area contributed by atoms with Gasteiger partial charge in [-0.15, -0.1) is 4.52 Å². The Morgan fingerprint density at radius 3 is 2.38 bits per heavy atom. The zero-order chi connectivity index (χ0) is 27.4. The third kappa shape index (κ3) is 9.92. The molecule has 0 spiro atoms. The minimum atomic E-state index is -2.80. The lowest BCUT2D eigenvalue weighted by molar-refractivity contribution is -0.151. The lowest BCUT2D eigenvalue weighted by Crippen LogP contribution is -2.51. The summed E-state index contributed by atoms with van der Waals surface area (Å²) in [5.41, 5.74) is 5.57. The molecule has 2 rings (SSSR count). The number of hydrogen-bond acceptors (Lipinski definition) is 8. The summed E-state index contributed by atoms with van der Waals surface area (Å²) >= 11 is 0. The maximum atomic E-state index is 13.1. The van der Waals surface area contributed by atoms with Crippen LogP contribution in [-0.2, 0) is 32.8 Å². The van der Waals surface area contributed by atoms with E-state index in [2.05, 4.69) is 10.6 Å². The molecule has 2 aliphatic rings. The quantitative estimate of drug-likeness (QED) is 0.121. The van der Waals surface area contributed by atoms with Crippen molar-refractivity contribution < 1.29 is 37.9 Å². The van der Waals surface area contributed by atoms with Crippen molar-refractivity contribution in [1.29, 1.82) is 0 Å². The van der Waals surface area contributed by atoms with Crippen molar-refractivity contribution in [3.63, 3.8) is 0 Å². The SMILES string of the molecule is CCCC[C@@H](NC(=O)[C@H](CCCCN)NC(=O)C1CCC1)O[P+](=O)OC(C)C(=O)N1CCC[C@H]1C(=O)O. The molecule has 1 aliphatic heterocycles. The maximum Gasteiger partial charge on any atom is 0.700 e. The molecule has 12 nitrogen and oxygen atoms in total. The van der Waals surface area contributed by atoms with Gasteiger partial charge in [-0.1, -0.05) is 24.3 Å². The highest BCUT2D eigenvalue weighted by atomic mass is 31.1. The molecule has 0 bridgehead atoms. The van der Waals surface area contributed by atoms with Gasteiger partial charge in [-0.05, 0) is 71.3 Å². The standard InChI is InChI=1S/C24H41N4O8P/c1-3-4-13-20(27-22(30)18(11-5-6-14-25)26-21(29)17-9-7-10-17)36-37(34)35-16(2)23(31)28-15-8-12-19(28)24(32)33/h16-20H,3-15,25H2,1-2H3,(H2-,26,27,29,30,32,33)/p+1/t16?,18-,19-,20-/m0/s1. The van der Waals surface area contributed by atoms with Gasteiger partial charge >= 0.3 is 14.2 Å². The second kappa shape index (κ2) is 16.0. The molecule has 0 aromatic carbocycles. The number of carbonyl (C=O) groups excluding carboxylic acids is 3. The number of carbonyl (C=O) groups is 4. The number of nitrogens with one attached hydrogen (secondary N) is 2. The number of aliphatic carboxylic acids is 1. The first kappa shape index (κ1) is 31.1. The Labute approximate surface area is 219 Å². The number of carboxylic acid groups (broad SMARTS) is 1. The topological polar surface area (TPSA) is 177 Å². The molecule has 2 fully saturated rings. The van der Waals surface area contributed by atoms with Crippen molar-refractivity contribution in [2.24, 2.45) is 11.7 Å². The van der Waals surface area contributed by atoms with Gasteiger partial charge in [-0.3, -0.25) is 14.4 Å². The molecule has 37 heavy (non-hydrogen) atoms. The van der Waals surface area contributed by atoms with Gasteiger partial charge in [0.1, 0.15) is 12.1 Å². The zero-order valence-corrected chi connectivity index (χ0v) is 22.8. The van der Waals surface area contributed by atoms with Gasteiger partial charge in [0, 0.05) is 17.0 Å². The van der Waals surface area contributed by atoms with E-state index >= 15 is 0 Å². The average molecular weight is 546 g/mol. The predicted molar refractivity (Wildman–Crippen MR) is 135 cm³/mol. The van der Waals surface area contributed by atoms with Crippen molar-refractivity contribution in [1.82, 2.24) is 15.5 Å². The van der Waals surface area contributed by atoms with Crippen LogP contribution in [0, 0.1) is 5.92 Å². The van der Waals surface area contributed by atoms with Crippen LogP contribution >= 0.6 is 8.25 Å². The molecule has 3 amide bonds. The summed E-state index contributed by atoms with van der Waals surface area (Å²) < 4.78 is 23.4. The van der Waals surface area contributed by atoms with Crippen LogP contribution in [0.25, 0.3) is 0 Å². The van der Waals surface area contributed by atoms with Crippen LogP contribution in [0.15, 0.2) is 0 Å². The maximum absolute atomic E-state index is 13.1. The largest absolute Gasteiger partial charge is 0.700 e. The van der Waals surface area contributed by atoms with Crippen molar-refractivity contribution in [2.45, 2.75) is 109 Å². The number of rotatable bonds is 17. The average Bonchev–Trinajstić information content (AvgIpc) is 3.30. The Balaban J connectivity index is 1.96. The van der Waals surface area contributed by atoms with Crippen LogP contribution in [-0.4, -0.2) is 71.2 Å². The molecular formula is C24H42N4O8P+. The van der Waals surface area contributed by atoms with E-state index in [4.69, 9.17) is 14.8 Å². The first-order valence-corrected chi connectivity index (χ1v) is 14.4. The fourth-order valence-corrected chi connectivity index (χ4v) is 5.11. The zero-order valence-electron chi connectivity index (χ0n) is 21.9. The molecular weight excluding hydrogens is 503 g/mol. The molecule has 1 saturated carbocycles. The summed E-state index contributed by atoms with van der Waals surface area (Å²) in [5, 5.41) is 14.9. The molecule has 210 valence electrons. The van der Waals surface area contributed by atoms with Crippen LogP contribution < -0.4 is 16.4 Å². The third-order valence-corrected chi connectivity index (χ3v) is 7.72. The minimum Gasteiger partial charge on any atom is -0.480 e. The van der Waals surface area contributed by atoms with Crippen molar-refractivity contribution in [3.05, 3.63) is 0 Å². The molecule has 5 N–H and O–H groups in total. The molecule has 0 aromatic rings. The molecule has 1 aliphatic carbocycles. The van der Waals surface area contributed by atoms with Crippen LogP contribution in [0.5, 0.6) is 0 Å². The first-order valence-electron chi connectivity index (χ1n) is 13.3. The van der Waals surface area contributed by atoms with E-state index in [-0.39, 0.29) is 18.4 Å². The Hall–Kier alpha value is -2.14. The van der Waals surface area contributed by atoms with Crippen LogP contribution in [0.2, 0.25) is 0 Å². The van der Waals surface area contributed by atoms with Crippen molar-refractivity contribution >= 4 is 31.9 Å². The first-order chi connectivity index (χ1) is 17.7. The Morgan fingerprint density at radius 2 is 1.78 bits per heavy atom. The van der Waals surface area contributed by atoms with Gasteiger partial charge in [0.25, 0.3) is 5.91 Å². The number of carboxylic acids is 1. The highest BCUT2D eigenvalue weighted by molar-refractivity contribution is 7.33. The summed E-state index contributed by atoms with van der Waals surface area (Å²) in [6, 6.07) is -1.70. The predicted octanol–water partition coefficient (Wildman–Crippen LogP) is 2.19. The fourth-order valence-electron chi connectivity index (χ4n) is 4.35. The highest BCUT2D eigenvalue weighted by Crippen LogP contribution is 2.31. The summed E-state index contributed by atoms with van der Waals surface area (Å²) in [4.78, 5) is 50.8.